The predicted molar refractivity (Wildman–Crippen MR) is 61.0 cm³/mol. The molecule has 0 saturated heterocycles. The van der Waals surface area contributed by atoms with Crippen LogP contribution in [0.1, 0.15) is 5.76 Å². The molecular weight excluding hydrogens is 297 g/mol. The first-order valence-electron chi connectivity index (χ1n) is 4.34. The SMILES string of the molecule is COCC(O)CNCc1ccc(I)o1. The molecule has 5 heteroatoms. The van der Waals surface area contributed by atoms with E-state index in [-0.39, 0.29) is 0 Å². The van der Waals surface area contributed by atoms with Crippen LogP contribution in [0.3, 0.4) is 0 Å². The molecule has 1 atom stereocenters. The third-order valence-electron chi connectivity index (χ3n) is 1.67. The zero-order chi connectivity index (χ0) is 10.4. The Bertz CT molecular complexity index is 264. The van der Waals surface area contributed by atoms with E-state index in [1.165, 1.54) is 0 Å². The van der Waals surface area contributed by atoms with Crippen LogP contribution in [0.4, 0.5) is 0 Å². The molecule has 1 heterocycles. The minimum absolute atomic E-state index is 0.350. The van der Waals surface area contributed by atoms with Gasteiger partial charge in [-0.25, -0.2) is 0 Å². The predicted octanol–water partition coefficient (Wildman–Crippen LogP) is 0.981. The van der Waals surface area contributed by atoms with Crippen LogP contribution in [0.2, 0.25) is 0 Å². The third-order valence-corrected chi connectivity index (χ3v) is 2.25. The third kappa shape index (κ3) is 4.41. The maximum atomic E-state index is 9.31. The van der Waals surface area contributed by atoms with Gasteiger partial charge in [-0.2, -0.15) is 0 Å². The van der Waals surface area contributed by atoms with E-state index >= 15 is 0 Å². The molecule has 0 aromatic carbocycles. The molecule has 14 heavy (non-hydrogen) atoms. The number of hydrogen-bond acceptors (Lipinski definition) is 4. The van der Waals surface area contributed by atoms with E-state index in [4.69, 9.17) is 9.15 Å². The molecule has 0 aliphatic rings. The number of furan rings is 1. The lowest BCUT2D eigenvalue weighted by Crippen LogP contribution is -2.29. The Balaban J connectivity index is 2.15. The van der Waals surface area contributed by atoms with Gasteiger partial charge in [0.1, 0.15) is 5.76 Å². The second kappa shape index (κ2) is 6.39. The largest absolute Gasteiger partial charge is 0.454 e. The number of aliphatic hydroxyl groups is 1. The highest BCUT2D eigenvalue weighted by Crippen LogP contribution is 2.09. The van der Waals surface area contributed by atoms with Crippen LogP contribution in [0.5, 0.6) is 0 Å². The topological polar surface area (TPSA) is 54.6 Å². The molecule has 0 aliphatic heterocycles. The number of aliphatic hydroxyl groups excluding tert-OH is 1. The van der Waals surface area contributed by atoms with Gasteiger partial charge in [-0.3, -0.25) is 0 Å². The molecule has 4 nitrogen and oxygen atoms in total. The van der Waals surface area contributed by atoms with Gasteiger partial charge < -0.3 is 19.6 Å². The normalized spacial score (nSPS) is 13.1. The van der Waals surface area contributed by atoms with Crippen molar-refractivity contribution in [3.63, 3.8) is 0 Å². The van der Waals surface area contributed by atoms with Crippen LogP contribution in [0.15, 0.2) is 16.5 Å². The number of hydrogen-bond donors (Lipinski definition) is 2. The molecule has 1 aromatic rings. The van der Waals surface area contributed by atoms with Gasteiger partial charge in [-0.05, 0) is 34.7 Å². The monoisotopic (exact) mass is 311 g/mol. The van der Waals surface area contributed by atoms with Crippen molar-refractivity contribution in [3.8, 4) is 0 Å². The second-order valence-corrected chi connectivity index (χ2v) is 4.01. The number of ether oxygens (including phenoxy) is 1. The Morgan fingerprint density at radius 1 is 1.64 bits per heavy atom. The maximum absolute atomic E-state index is 9.31. The first-order chi connectivity index (χ1) is 6.72. The second-order valence-electron chi connectivity index (χ2n) is 2.95. The van der Waals surface area contributed by atoms with Crippen LogP contribution < -0.4 is 5.32 Å². The van der Waals surface area contributed by atoms with Gasteiger partial charge in [0.15, 0.2) is 3.77 Å². The van der Waals surface area contributed by atoms with Crippen LogP contribution in [-0.4, -0.2) is 31.5 Å². The fourth-order valence-electron chi connectivity index (χ4n) is 1.06. The quantitative estimate of drug-likeness (QED) is 0.769. The molecule has 0 amide bonds. The van der Waals surface area contributed by atoms with Gasteiger partial charge in [-0.1, -0.05) is 0 Å². The van der Waals surface area contributed by atoms with Crippen LogP contribution in [0, 0.1) is 3.77 Å². The Morgan fingerprint density at radius 2 is 2.43 bits per heavy atom. The first-order valence-corrected chi connectivity index (χ1v) is 5.42. The van der Waals surface area contributed by atoms with Gasteiger partial charge >= 0.3 is 0 Å². The van der Waals surface area contributed by atoms with Gasteiger partial charge in [0, 0.05) is 13.7 Å². The number of nitrogens with one attached hydrogen (secondary N) is 1. The van der Waals surface area contributed by atoms with E-state index in [1.54, 1.807) is 7.11 Å². The summed E-state index contributed by atoms with van der Waals surface area (Å²) in [6.45, 7) is 1.48. The molecule has 1 aromatic heterocycles. The minimum atomic E-state index is -0.464. The molecule has 0 saturated carbocycles. The lowest BCUT2D eigenvalue weighted by molar-refractivity contribution is 0.0641. The van der Waals surface area contributed by atoms with Crippen molar-refractivity contribution < 1.29 is 14.3 Å². The Morgan fingerprint density at radius 3 is 3.00 bits per heavy atom. The molecule has 0 radical (unpaired) electrons. The van der Waals surface area contributed by atoms with Crippen LogP contribution in [0.25, 0.3) is 0 Å². The van der Waals surface area contributed by atoms with Crippen molar-refractivity contribution in [3.05, 3.63) is 21.7 Å². The summed E-state index contributed by atoms with van der Waals surface area (Å²) in [5, 5.41) is 12.4. The summed E-state index contributed by atoms with van der Waals surface area (Å²) in [5.41, 5.74) is 0. The smallest absolute Gasteiger partial charge is 0.164 e. The van der Waals surface area contributed by atoms with Crippen molar-refractivity contribution in [1.82, 2.24) is 5.32 Å². The first kappa shape index (κ1) is 12.0. The summed E-state index contributed by atoms with van der Waals surface area (Å²) in [4.78, 5) is 0. The van der Waals surface area contributed by atoms with Crippen LogP contribution >= 0.6 is 22.6 Å². The van der Waals surface area contributed by atoms with Crippen molar-refractivity contribution in [1.29, 1.82) is 0 Å². The maximum Gasteiger partial charge on any atom is 0.164 e. The summed E-state index contributed by atoms with van der Waals surface area (Å²) >= 11 is 2.12. The van der Waals surface area contributed by atoms with E-state index in [0.717, 1.165) is 9.53 Å². The standard InChI is InChI=1S/C9H14INO3/c1-13-6-7(12)4-11-5-8-2-3-9(10)14-8/h2-3,7,11-12H,4-6H2,1H3. The molecule has 80 valence electrons. The van der Waals surface area contributed by atoms with Gasteiger partial charge in [0.05, 0.1) is 19.3 Å². The van der Waals surface area contributed by atoms with E-state index in [9.17, 15) is 5.11 Å². The molecule has 0 aliphatic carbocycles. The molecule has 1 unspecified atom stereocenters. The van der Waals surface area contributed by atoms with E-state index < -0.39 is 6.10 Å². The Hall–Kier alpha value is -0.110. The fourth-order valence-corrected chi connectivity index (χ4v) is 1.52. The number of halogens is 1. The van der Waals surface area contributed by atoms with Crippen molar-refractivity contribution >= 4 is 22.6 Å². The van der Waals surface area contributed by atoms with E-state index in [1.807, 2.05) is 12.1 Å². The average molecular weight is 311 g/mol. The molecule has 1 rings (SSSR count). The van der Waals surface area contributed by atoms with Crippen LogP contribution in [-0.2, 0) is 11.3 Å². The molecular formula is C9H14INO3. The summed E-state index contributed by atoms with van der Waals surface area (Å²) in [6.07, 6.45) is -0.464. The van der Waals surface area contributed by atoms with Gasteiger partial charge in [-0.15, -0.1) is 0 Å². The lowest BCUT2D eigenvalue weighted by atomic mass is 10.3. The summed E-state index contributed by atoms with van der Waals surface area (Å²) in [6, 6.07) is 3.82. The van der Waals surface area contributed by atoms with Gasteiger partial charge in [0.2, 0.25) is 0 Å². The zero-order valence-electron chi connectivity index (χ0n) is 8.00. The molecule has 2 N–H and O–H groups in total. The van der Waals surface area contributed by atoms with E-state index in [0.29, 0.717) is 19.7 Å². The highest BCUT2D eigenvalue weighted by atomic mass is 127. The molecule has 0 bridgehead atoms. The highest BCUT2D eigenvalue weighted by Gasteiger charge is 2.03. The molecule has 0 spiro atoms. The number of rotatable bonds is 6. The Labute approximate surface area is 96.8 Å². The number of methoxy groups -OCH3 is 1. The zero-order valence-corrected chi connectivity index (χ0v) is 10.2. The highest BCUT2D eigenvalue weighted by molar-refractivity contribution is 14.1. The van der Waals surface area contributed by atoms with Crippen molar-refractivity contribution in [2.75, 3.05) is 20.3 Å². The Kier molecular flexibility index (Phi) is 5.46. The molecule has 0 fully saturated rings. The van der Waals surface area contributed by atoms with Gasteiger partial charge in [0.25, 0.3) is 0 Å². The van der Waals surface area contributed by atoms with E-state index in [2.05, 4.69) is 27.9 Å². The lowest BCUT2D eigenvalue weighted by Gasteiger charge is -2.09. The summed E-state index contributed by atoms with van der Waals surface area (Å²) in [7, 11) is 1.57. The summed E-state index contributed by atoms with van der Waals surface area (Å²) < 4.78 is 11.0. The fraction of sp³-hybridized carbons (Fsp3) is 0.556. The minimum Gasteiger partial charge on any atom is -0.454 e. The average Bonchev–Trinajstić information content (AvgIpc) is 2.52. The summed E-state index contributed by atoms with van der Waals surface area (Å²) in [5.74, 6) is 0.874. The van der Waals surface area contributed by atoms with Crippen molar-refractivity contribution in [2.45, 2.75) is 12.6 Å². The van der Waals surface area contributed by atoms with Crippen molar-refractivity contribution in [2.24, 2.45) is 0 Å².